The Hall–Kier alpha value is -4.35. The smallest absolute Gasteiger partial charge is 0.227 e. The molecule has 0 N–H and O–H groups in total. The number of benzene rings is 2. The Kier molecular flexibility index (Phi) is 8.15. The van der Waals surface area contributed by atoms with E-state index in [1.165, 1.54) is 70.5 Å². The van der Waals surface area contributed by atoms with Crippen molar-refractivity contribution >= 4 is 41.0 Å². The molecule has 4 aromatic heterocycles. The summed E-state index contributed by atoms with van der Waals surface area (Å²) in [6, 6.07) is 25.8. The Morgan fingerprint density at radius 1 is 0.923 bits per heavy atom. The fourth-order valence-corrected chi connectivity index (χ4v) is 11.7. The molecule has 5 heteroatoms. The van der Waals surface area contributed by atoms with Crippen LogP contribution in [0.25, 0.3) is 50.3 Å². The van der Waals surface area contributed by atoms with Gasteiger partial charge >= 0.3 is 0 Å². The van der Waals surface area contributed by atoms with Gasteiger partial charge in [-0.2, -0.15) is 9.13 Å². The van der Waals surface area contributed by atoms with Crippen molar-refractivity contribution in [3.05, 3.63) is 114 Å². The summed E-state index contributed by atoms with van der Waals surface area (Å²) in [5.41, 5.74) is 14.7. The highest BCUT2D eigenvalue weighted by Crippen LogP contribution is 2.46. The lowest BCUT2D eigenvalue weighted by atomic mass is 9.77. The zero-order valence-electron chi connectivity index (χ0n) is 31.9. The number of fused-ring (bicyclic) bond motifs is 13. The molecule has 0 saturated heterocycles. The quantitative estimate of drug-likeness (QED) is 0.135. The molecule has 264 valence electrons. The molecule has 6 heterocycles. The molecule has 1 aliphatic carbocycles. The van der Waals surface area contributed by atoms with Gasteiger partial charge in [0.15, 0.2) is 29.7 Å². The summed E-state index contributed by atoms with van der Waals surface area (Å²) in [7, 11) is -1.64. The maximum Gasteiger partial charge on any atom is 0.227 e. The van der Waals surface area contributed by atoms with E-state index in [1.807, 2.05) is 6.92 Å². The molecular weight excluding hydrogens is 651 g/mol. The Balaban J connectivity index is 1.27. The average molecular weight is 704 g/mol. The predicted molar refractivity (Wildman–Crippen MR) is 217 cm³/mol. The van der Waals surface area contributed by atoms with Crippen LogP contribution >= 0.6 is 0 Å². The molecule has 2 unspecified atom stereocenters. The number of rotatable bonds is 4. The molecule has 3 aliphatic rings. The molecule has 9 rings (SSSR count). The van der Waals surface area contributed by atoms with Gasteiger partial charge in [0.2, 0.25) is 17.1 Å². The first-order valence-corrected chi connectivity index (χ1v) is 23.3. The summed E-state index contributed by atoms with van der Waals surface area (Å²) < 4.78 is 11.9. The lowest BCUT2D eigenvalue weighted by molar-refractivity contribution is -0.719. The van der Waals surface area contributed by atoms with Gasteiger partial charge < -0.3 is 4.42 Å². The second-order valence-corrected chi connectivity index (χ2v) is 22.5. The van der Waals surface area contributed by atoms with Gasteiger partial charge in [-0.3, -0.25) is 0 Å². The Morgan fingerprint density at radius 2 is 1.71 bits per heavy atom. The van der Waals surface area contributed by atoms with Crippen molar-refractivity contribution in [2.24, 2.45) is 5.92 Å². The fourth-order valence-electron chi connectivity index (χ4n) is 9.90. The monoisotopic (exact) mass is 703 g/mol. The van der Waals surface area contributed by atoms with E-state index >= 15 is 0 Å². The Labute approximate surface area is 310 Å². The summed E-state index contributed by atoms with van der Waals surface area (Å²) in [4.78, 5) is 4.84. The predicted octanol–water partition coefficient (Wildman–Crippen LogP) is 10.7. The Bertz CT molecular complexity index is 2390. The number of hydrogen-bond acceptors (Lipinski definition) is 2. The highest BCUT2D eigenvalue weighted by atomic mass is 28.3. The number of aryl methyl sites for hydroxylation is 2. The van der Waals surface area contributed by atoms with E-state index in [-0.39, 0.29) is 6.04 Å². The highest BCUT2D eigenvalue weighted by Gasteiger charge is 2.44. The number of furan rings is 1. The largest absolute Gasteiger partial charge is 0.437 e. The Morgan fingerprint density at radius 3 is 2.50 bits per heavy atom. The zero-order chi connectivity index (χ0) is 35.9. The minimum absolute atomic E-state index is 0.260. The molecule has 0 amide bonds. The molecule has 2 atom stereocenters. The van der Waals surface area contributed by atoms with Crippen molar-refractivity contribution in [1.82, 2.24) is 4.98 Å². The van der Waals surface area contributed by atoms with Crippen LogP contribution in [-0.2, 0) is 12.8 Å². The van der Waals surface area contributed by atoms with Crippen molar-refractivity contribution < 1.29 is 13.6 Å². The van der Waals surface area contributed by atoms with Crippen LogP contribution < -0.4 is 14.3 Å². The maximum absolute atomic E-state index is 6.80. The third-order valence-electron chi connectivity index (χ3n) is 12.6. The molecule has 0 radical (unpaired) electrons. The van der Waals surface area contributed by atoms with E-state index in [2.05, 4.69) is 122 Å². The van der Waals surface area contributed by atoms with Crippen LogP contribution in [0.5, 0.6) is 0 Å². The maximum atomic E-state index is 6.80. The van der Waals surface area contributed by atoms with Gasteiger partial charge in [-0.25, -0.2) is 4.98 Å². The molecule has 52 heavy (non-hydrogen) atoms. The molecule has 2 aromatic carbocycles. The molecular formula is C47H53N3OSi+2. The van der Waals surface area contributed by atoms with Gasteiger partial charge in [0.05, 0.1) is 20.1 Å². The molecule has 6 aromatic rings. The van der Waals surface area contributed by atoms with Crippen molar-refractivity contribution in [1.29, 1.82) is 0 Å². The standard InChI is InChI=1S/C47H53N3OSi/c1-29(2)40-27-42-36-15-11-10-14-35(36)37-20-17-34-18-21-38-39-19-16-30(3)48-47(39)51-46(38)45(34)43-26-33(25-32-12-8-9-13-32)22-23-49(43)31(4)24-41(37)50(42)28-44(40)52(5,6)7/h10-11,14-16,18-19,21-23,26-29,32,37,41H,4,8-9,12-13,17,20,24-25H2,1-3,5-7H3/q+2. The van der Waals surface area contributed by atoms with E-state index in [4.69, 9.17) is 16.0 Å². The van der Waals surface area contributed by atoms with Gasteiger partial charge in [-0.15, -0.1) is 0 Å². The number of pyridine rings is 3. The van der Waals surface area contributed by atoms with E-state index in [0.717, 1.165) is 65.1 Å². The van der Waals surface area contributed by atoms with Crippen LogP contribution in [0.1, 0.15) is 98.2 Å². The normalized spacial score (nSPS) is 19.0. The van der Waals surface area contributed by atoms with E-state index in [9.17, 15) is 0 Å². The molecule has 1 fully saturated rings. The summed E-state index contributed by atoms with van der Waals surface area (Å²) in [5, 5.41) is 3.81. The second kappa shape index (κ2) is 12.7. The second-order valence-electron chi connectivity index (χ2n) is 17.4. The number of hydrogen-bond donors (Lipinski definition) is 0. The minimum Gasteiger partial charge on any atom is -0.437 e. The minimum atomic E-state index is -1.64. The van der Waals surface area contributed by atoms with Crippen LogP contribution in [0.2, 0.25) is 19.6 Å². The van der Waals surface area contributed by atoms with Crippen molar-refractivity contribution in [3.8, 4) is 22.5 Å². The summed E-state index contributed by atoms with van der Waals surface area (Å²) >= 11 is 0. The summed E-state index contributed by atoms with van der Waals surface area (Å²) in [6.45, 7) is 19.2. The molecule has 0 spiro atoms. The average Bonchev–Trinajstić information content (AvgIpc) is 3.77. The zero-order valence-corrected chi connectivity index (χ0v) is 32.9. The number of aromatic nitrogens is 3. The van der Waals surface area contributed by atoms with Crippen LogP contribution in [0.4, 0.5) is 0 Å². The lowest BCUT2D eigenvalue weighted by Gasteiger charge is -2.33. The SMILES string of the molecule is C=C1CC2C(CCc3ccc4c(oc5nc(C)ccc54)c3-c3cc(CC4CCCC4)cc[n+]31)c1ccccc1-c1cc(C(C)C)c([Si](C)(C)C)c[n+]12. The topological polar surface area (TPSA) is 33.8 Å². The molecule has 2 aliphatic heterocycles. The van der Waals surface area contributed by atoms with Crippen LogP contribution in [0, 0.1) is 12.8 Å². The number of nitrogens with zero attached hydrogens (tertiary/aromatic N) is 3. The van der Waals surface area contributed by atoms with Crippen molar-refractivity contribution in [3.63, 3.8) is 0 Å². The van der Waals surface area contributed by atoms with Gasteiger partial charge in [0.25, 0.3) is 0 Å². The van der Waals surface area contributed by atoms with E-state index in [1.54, 1.807) is 5.19 Å². The molecule has 0 bridgehead atoms. The van der Waals surface area contributed by atoms with E-state index in [0.29, 0.717) is 11.8 Å². The van der Waals surface area contributed by atoms with Gasteiger partial charge in [0, 0.05) is 51.3 Å². The molecule has 4 nitrogen and oxygen atoms in total. The van der Waals surface area contributed by atoms with Gasteiger partial charge in [-0.05, 0) is 85.1 Å². The first kappa shape index (κ1) is 33.5. The van der Waals surface area contributed by atoms with Crippen LogP contribution in [-0.4, -0.2) is 13.1 Å². The van der Waals surface area contributed by atoms with E-state index < -0.39 is 8.07 Å². The van der Waals surface area contributed by atoms with Crippen molar-refractivity contribution in [2.75, 3.05) is 0 Å². The van der Waals surface area contributed by atoms with Crippen LogP contribution in [0.3, 0.4) is 0 Å². The first-order chi connectivity index (χ1) is 25.0. The highest BCUT2D eigenvalue weighted by molar-refractivity contribution is 6.89. The van der Waals surface area contributed by atoms with Gasteiger partial charge in [0.1, 0.15) is 0 Å². The third-order valence-corrected chi connectivity index (χ3v) is 14.6. The number of allylic oxidation sites excluding steroid dienone is 1. The van der Waals surface area contributed by atoms with Crippen molar-refractivity contribution in [2.45, 2.75) is 110 Å². The lowest BCUT2D eigenvalue weighted by Crippen LogP contribution is -2.54. The first-order valence-electron chi connectivity index (χ1n) is 19.8. The van der Waals surface area contributed by atoms with Gasteiger partial charge in [-0.1, -0.05) is 89.5 Å². The van der Waals surface area contributed by atoms with Crippen LogP contribution in [0.15, 0.2) is 90.1 Å². The third kappa shape index (κ3) is 5.58. The summed E-state index contributed by atoms with van der Waals surface area (Å²) in [5.74, 6) is 1.59. The fraction of sp³-hybridized carbons (Fsp3) is 0.383. The molecule has 1 saturated carbocycles. The summed E-state index contributed by atoms with van der Waals surface area (Å²) in [6.07, 6.45) is 14.3.